The Morgan fingerprint density at radius 3 is 3.00 bits per heavy atom. The van der Waals surface area contributed by atoms with Crippen LogP contribution in [-0.2, 0) is 0 Å². The molecule has 1 aromatic heterocycles. The van der Waals surface area contributed by atoms with Crippen molar-refractivity contribution in [1.82, 2.24) is 10.2 Å². The van der Waals surface area contributed by atoms with Gasteiger partial charge in [-0.1, -0.05) is 23.2 Å². The average Bonchev–Trinajstić information content (AvgIpc) is 2.90. The minimum atomic E-state index is -0.564. The summed E-state index contributed by atoms with van der Waals surface area (Å²) in [6.45, 7) is 0.152. The lowest BCUT2D eigenvalue weighted by Gasteiger charge is -2.02. The molecule has 5 nitrogen and oxygen atoms in total. The fourth-order valence-corrected chi connectivity index (χ4v) is 1.74. The standard InChI is InChI=1S/C12H9FN4OS/c13-10-6-9(4-3-8(10)2-1-5-14)11(18)16-12-17-15-7-19-12/h3-4,6-7H,5,14H2,(H,16,17,18). The van der Waals surface area contributed by atoms with Crippen molar-refractivity contribution in [3.63, 3.8) is 0 Å². The molecule has 96 valence electrons. The van der Waals surface area contributed by atoms with Crippen LogP contribution >= 0.6 is 11.3 Å². The first-order valence-electron chi connectivity index (χ1n) is 5.26. The molecule has 1 heterocycles. The molecule has 0 radical (unpaired) electrons. The summed E-state index contributed by atoms with van der Waals surface area (Å²) in [4.78, 5) is 11.8. The normalized spacial score (nSPS) is 9.58. The van der Waals surface area contributed by atoms with E-state index >= 15 is 0 Å². The summed E-state index contributed by atoms with van der Waals surface area (Å²) in [6, 6.07) is 4.05. The Kier molecular flexibility index (Phi) is 4.18. The molecule has 0 aliphatic heterocycles. The molecule has 3 N–H and O–H groups in total. The van der Waals surface area contributed by atoms with Gasteiger partial charge in [-0.05, 0) is 18.2 Å². The highest BCUT2D eigenvalue weighted by Crippen LogP contribution is 2.13. The molecule has 0 aliphatic rings. The molecule has 0 aliphatic carbocycles. The smallest absolute Gasteiger partial charge is 0.257 e. The van der Waals surface area contributed by atoms with Crippen LogP contribution in [0.4, 0.5) is 9.52 Å². The number of amides is 1. The molecule has 0 saturated carbocycles. The average molecular weight is 276 g/mol. The van der Waals surface area contributed by atoms with E-state index in [2.05, 4.69) is 27.4 Å². The first kappa shape index (κ1) is 13.1. The topological polar surface area (TPSA) is 80.9 Å². The summed E-state index contributed by atoms with van der Waals surface area (Å²) in [7, 11) is 0. The first-order chi connectivity index (χ1) is 9.20. The summed E-state index contributed by atoms with van der Waals surface area (Å²) in [5.74, 6) is 4.12. The van der Waals surface area contributed by atoms with Gasteiger partial charge in [0.2, 0.25) is 5.13 Å². The van der Waals surface area contributed by atoms with Crippen LogP contribution in [0, 0.1) is 17.7 Å². The van der Waals surface area contributed by atoms with E-state index in [9.17, 15) is 9.18 Å². The van der Waals surface area contributed by atoms with Gasteiger partial charge in [0.25, 0.3) is 5.91 Å². The van der Waals surface area contributed by atoms with E-state index in [0.717, 1.165) is 6.07 Å². The molecule has 7 heteroatoms. The monoisotopic (exact) mass is 276 g/mol. The number of hydrogen-bond acceptors (Lipinski definition) is 5. The Morgan fingerprint density at radius 1 is 1.53 bits per heavy atom. The zero-order chi connectivity index (χ0) is 13.7. The van der Waals surface area contributed by atoms with E-state index in [4.69, 9.17) is 5.73 Å². The van der Waals surface area contributed by atoms with Crippen LogP contribution in [0.3, 0.4) is 0 Å². The third-order valence-corrected chi connectivity index (χ3v) is 2.74. The number of halogens is 1. The summed E-state index contributed by atoms with van der Waals surface area (Å²) < 4.78 is 13.7. The van der Waals surface area contributed by atoms with E-state index in [0.29, 0.717) is 5.13 Å². The molecule has 1 amide bonds. The number of nitrogens with zero attached hydrogens (tertiary/aromatic N) is 2. The molecule has 0 saturated heterocycles. The van der Waals surface area contributed by atoms with Gasteiger partial charge in [0.15, 0.2) is 0 Å². The van der Waals surface area contributed by atoms with Crippen molar-refractivity contribution in [3.05, 3.63) is 40.7 Å². The lowest BCUT2D eigenvalue weighted by Crippen LogP contribution is -2.12. The Morgan fingerprint density at radius 2 is 2.37 bits per heavy atom. The molecule has 0 atom stereocenters. The number of rotatable bonds is 2. The Labute approximate surface area is 112 Å². The molecule has 0 bridgehead atoms. The highest BCUT2D eigenvalue weighted by atomic mass is 32.1. The largest absolute Gasteiger partial charge is 0.320 e. The van der Waals surface area contributed by atoms with Gasteiger partial charge in [0.1, 0.15) is 11.3 Å². The predicted molar refractivity (Wildman–Crippen MR) is 70.2 cm³/mol. The molecule has 1 aromatic carbocycles. The Bertz CT molecular complexity index is 645. The number of aromatic nitrogens is 2. The quantitative estimate of drug-likeness (QED) is 0.809. The summed E-state index contributed by atoms with van der Waals surface area (Å²) in [5, 5.41) is 10.1. The fourth-order valence-electron chi connectivity index (χ4n) is 1.30. The maximum atomic E-state index is 13.7. The van der Waals surface area contributed by atoms with Crippen LogP contribution in [-0.4, -0.2) is 22.6 Å². The highest BCUT2D eigenvalue weighted by molar-refractivity contribution is 7.13. The second-order valence-electron chi connectivity index (χ2n) is 3.40. The van der Waals surface area contributed by atoms with E-state index in [1.807, 2.05) is 0 Å². The van der Waals surface area contributed by atoms with Crippen LogP contribution in [0.1, 0.15) is 15.9 Å². The molecule has 0 unspecified atom stereocenters. The maximum absolute atomic E-state index is 13.7. The van der Waals surface area contributed by atoms with Gasteiger partial charge in [-0.15, -0.1) is 10.2 Å². The molecule has 19 heavy (non-hydrogen) atoms. The second-order valence-corrected chi connectivity index (χ2v) is 4.23. The minimum Gasteiger partial charge on any atom is -0.320 e. The number of benzene rings is 1. The number of carbonyl (C=O) groups is 1. The van der Waals surface area contributed by atoms with E-state index in [1.165, 1.54) is 29.0 Å². The fraction of sp³-hybridized carbons (Fsp3) is 0.0833. The number of anilines is 1. The van der Waals surface area contributed by atoms with Crippen molar-refractivity contribution in [2.75, 3.05) is 11.9 Å². The summed E-state index contributed by atoms with van der Waals surface area (Å²) >= 11 is 1.18. The SMILES string of the molecule is NCC#Cc1ccc(C(=O)Nc2nncs2)cc1F. The molecule has 2 aromatic rings. The van der Waals surface area contributed by atoms with E-state index in [-0.39, 0.29) is 17.7 Å². The van der Waals surface area contributed by atoms with Gasteiger partial charge in [0.05, 0.1) is 12.1 Å². The zero-order valence-electron chi connectivity index (χ0n) is 9.68. The molecule has 2 rings (SSSR count). The van der Waals surface area contributed by atoms with Crippen molar-refractivity contribution < 1.29 is 9.18 Å². The first-order valence-corrected chi connectivity index (χ1v) is 6.14. The summed E-state index contributed by atoms with van der Waals surface area (Å²) in [5.41, 5.74) is 7.09. The van der Waals surface area contributed by atoms with Crippen molar-refractivity contribution in [2.24, 2.45) is 5.73 Å². The van der Waals surface area contributed by atoms with Gasteiger partial charge in [-0.3, -0.25) is 10.1 Å². The van der Waals surface area contributed by atoms with Crippen molar-refractivity contribution >= 4 is 22.4 Å². The predicted octanol–water partition coefficient (Wildman–Crippen LogP) is 1.24. The maximum Gasteiger partial charge on any atom is 0.257 e. The van der Waals surface area contributed by atoms with Crippen LogP contribution in [0.5, 0.6) is 0 Å². The van der Waals surface area contributed by atoms with Gasteiger partial charge in [-0.25, -0.2) is 4.39 Å². The van der Waals surface area contributed by atoms with Gasteiger partial charge >= 0.3 is 0 Å². The lowest BCUT2D eigenvalue weighted by atomic mass is 10.1. The molecular formula is C12H9FN4OS. The van der Waals surface area contributed by atoms with Crippen molar-refractivity contribution in [2.45, 2.75) is 0 Å². The van der Waals surface area contributed by atoms with E-state index < -0.39 is 11.7 Å². The minimum absolute atomic E-state index is 0.152. The second kappa shape index (κ2) is 6.04. The van der Waals surface area contributed by atoms with Gasteiger partial charge in [-0.2, -0.15) is 0 Å². The number of carbonyl (C=O) groups excluding carboxylic acids is 1. The Hall–Kier alpha value is -2.30. The molecule has 0 spiro atoms. The number of nitrogens with one attached hydrogen (secondary N) is 1. The Balaban J connectivity index is 2.17. The highest BCUT2D eigenvalue weighted by Gasteiger charge is 2.10. The van der Waals surface area contributed by atoms with Gasteiger partial charge < -0.3 is 5.73 Å². The third kappa shape index (κ3) is 3.34. The van der Waals surface area contributed by atoms with Crippen molar-refractivity contribution in [3.8, 4) is 11.8 Å². The van der Waals surface area contributed by atoms with E-state index in [1.54, 1.807) is 0 Å². The van der Waals surface area contributed by atoms with Crippen LogP contribution in [0.25, 0.3) is 0 Å². The molecule has 0 fully saturated rings. The zero-order valence-corrected chi connectivity index (χ0v) is 10.5. The molecular weight excluding hydrogens is 267 g/mol. The van der Waals surface area contributed by atoms with Crippen LogP contribution < -0.4 is 11.1 Å². The third-order valence-electron chi connectivity index (χ3n) is 2.14. The number of nitrogens with two attached hydrogens (primary N) is 1. The van der Waals surface area contributed by atoms with Crippen LogP contribution in [0.15, 0.2) is 23.7 Å². The summed E-state index contributed by atoms with van der Waals surface area (Å²) in [6.07, 6.45) is 0. The number of hydrogen-bond donors (Lipinski definition) is 2. The van der Waals surface area contributed by atoms with Crippen molar-refractivity contribution in [1.29, 1.82) is 0 Å². The lowest BCUT2D eigenvalue weighted by molar-refractivity contribution is 0.102. The van der Waals surface area contributed by atoms with Gasteiger partial charge in [0, 0.05) is 5.56 Å². The van der Waals surface area contributed by atoms with Crippen LogP contribution in [0.2, 0.25) is 0 Å².